The van der Waals surface area contributed by atoms with E-state index in [2.05, 4.69) is 10.3 Å². The maximum absolute atomic E-state index is 13.5. The van der Waals surface area contributed by atoms with Crippen LogP contribution in [0.2, 0.25) is 0 Å². The fourth-order valence-corrected chi connectivity index (χ4v) is 2.18. The van der Waals surface area contributed by atoms with Gasteiger partial charge >= 0.3 is 0 Å². The topological polar surface area (TPSA) is 68.0 Å². The maximum atomic E-state index is 13.5. The number of anilines is 1. The number of amides is 1. The second kappa shape index (κ2) is 5.14. The molecule has 0 atom stereocenters. The molecule has 0 unspecified atom stereocenters. The first-order valence-electron chi connectivity index (χ1n) is 5.30. The summed E-state index contributed by atoms with van der Waals surface area (Å²) in [7, 11) is 0. The first-order chi connectivity index (χ1) is 8.58. The molecule has 94 valence electrons. The molecular formula is C12H12FN3OS. The first-order valence-corrected chi connectivity index (χ1v) is 6.18. The van der Waals surface area contributed by atoms with Crippen molar-refractivity contribution in [2.75, 3.05) is 5.73 Å². The minimum absolute atomic E-state index is 0.00799. The summed E-state index contributed by atoms with van der Waals surface area (Å²) in [6.07, 6.45) is 0. The number of hydrogen-bond donors (Lipinski definition) is 2. The second-order valence-corrected chi connectivity index (χ2v) is 4.72. The summed E-state index contributed by atoms with van der Waals surface area (Å²) < 4.78 is 13.5. The number of thiazole rings is 1. The van der Waals surface area contributed by atoms with Crippen molar-refractivity contribution in [1.29, 1.82) is 0 Å². The van der Waals surface area contributed by atoms with Gasteiger partial charge in [-0.25, -0.2) is 9.37 Å². The zero-order valence-electron chi connectivity index (χ0n) is 9.74. The number of aromatic nitrogens is 1. The van der Waals surface area contributed by atoms with E-state index < -0.39 is 11.7 Å². The molecule has 18 heavy (non-hydrogen) atoms. The number of nitrogens with zero attached hydrogens (tertiary/aromatic N) is 1. The average molecular weight is 265 g/mol. The molecule has 0 fully saturated rings. The fraction of sp³-hybridized carbons (Fsp3) is 0.167. The van der Waals surface area contributed by atoms with Gasteiger partial charge in [-0.05, 0) is 25.1 Å². The van der Waals surface area contributed by atoms with Crippen molar-refractivity contribution in [3.05, 3.63) is 45.7 Å². The van der Waals surface area contributed by atoms with Crippen molar-refractivity contribution in [1.82, 2.24) is 10.3 Å². The predicted octanol–water partition coefficient (Wildman–Crippen LogP) is 2.10. The number of carbonyl (C=O) groups is 1. The molecule has 0 aliphatic rings. The number of halogens is 1. The zero-order chi connectivity index (χ0) is 13.1. The van der Waals surface area contributed by atoms with Gasteiger partial charge in [-0.3, -0.25) is 4.79 Å². The van der Waals surface area contributed by atoms with Crippen LogP contribution in [-0.2, 0) is 6.54 Å². The number of benzene rings is 1. The van der Waals surface area contributed by atoms with E-state index >= 15 is 0 Å². The normalized spacial score (nSPS) is 10.3. The summed E-state index contributed by atoms with van der Waals surface area (Å²) in [4.78, 5) is 16.8. The number of aryl methyl sites for hydroxylation is 1. The van der Waals surface area contributed by atoms with Crippen LogP contribution >= 0.6 is 11.3 Å². The highest BCUT2D eigenvalue weighted by Crippen LogP contribution is 2.14. The quantitative estimate of drug-likeness (QED) is 0.835. The molecule has 2 rings (SSSR count). The minimum Gasteiger partial charge on any atom is -0.399 e. The van der Waals surface area contributed by atoms with Gasteiger partial charge in [0.05, 0.1) is 23.3 Å². The average Bonchev–Trinajstić information content (AvgIpc) is 2.72. The van der Waals surface area contributed by atoms with E-state index in [1.807, 2.05) is 6.92 Å². The van der Waals surface area contributed by atoms with Crippen LogP contribution < -0.4 is 11.1 Å². The fourth-order valence-electron chi connectivity index (χ4n) is 1.47. The van der Waals surface area contributed by atoms with Crippen LogP contribution in [0.1, 0.15) is 20.9 Å². The molecule has 4 nitrogen and oxygen atoms in total. The lowest BCUT2D eigenvalue weighted by molar-refractivity contribution is 0.0947. The van der Waals surface area contributed by atoms with Gasteiger partial charge in [-0.15, -0.1) is 11.3 Å². The maximum Gasteiger partial charge on any atom is 0.254 e. The van der Waals surface area contributed by atoms with E-state index in [0.717, 1.165) is 16.6 Å². The van der Waals surface area contributed by atoms with Gasteiger partial charge in [-0.2, -0.15) is 0 Å². The lowest BCUT2D eigenvalue weighted by Crippen LogP contribution is -2.23. The number of nitrogen functional groups attached to an aromatic ring is 1. The number of rotatable bonds is 3. The molecule has 0 saturated carbocycles. The number of carbonyl (C=O) groups excluding carboxylic acids is 1. The van der Waals surface area contributed by atoms with E-state index in [9.17, 15) is 9.18 Å². The smallest absolute Gasteiger partial charge is 0.254 e. The molecule has 1 aromatic heterocycles. The van der Waals surface area contributed by atoms with Crippen molar-refractivity contribution < 1.29 is 9.18 Å². The van der Waals surface area contributed by atoms with Gasteiger partial charge in [-0.1, -0.05) is 0 Å². The minimum atomic E-state index is -0.617. The predicted molar refractivity (Wildman–Crippen MR) is 68.8 cm³/mol. The standard InChI is InChI=1S/C12H12FN3OS/c1-7-11(18-6-16-7)5-15-12(17)9-3-2-8(14)4-10(9)13/h2-4,6H,5,14H2,1H3,(H,15,17). The largest absolute Gasteiger partial charge is 0.399 e. The molecule has 0 bridgehead atoms. The Hall–Kier alpha value is -1.95. The van der Waals surface area contributed by atoms with Crippen LogP contribution in [-0.4, -0.2) is 10.9 Å². The Morgan fingerprint density at radius 1 is 1.56 bits per heavy atom. The Bertz CT molecular complexity index is 582. The number of hydrogen-bond acceptors (Lipinski definition) is 4. The molecular weight excluding hydrogens is 253 g/mol. The summed E-state index contributed by atoms with van der Waals surface area (Å²) in [5.74, 6) is -1.08. The van der Waals surface area contributed by atoms with Gasteiger partial charge in [0.15, 0.2) is 0 Å². The third kappa shape index (κ3) is 2.65. The molecule has 3 N–H and O–H groups in total. The summed E-state index contributed by atoms with van der Waals surface area (Å²) >= 11 is 1.45. The molecule has 0 aliphatic heterocycles. The zero-order valence-corrected chi connectivity index (χ0v) is 10.6. The number of nitrogens with one attached hydrogen (secondary N) is 1. The molecule has 2 aromatic rings. The van der Waals surface area contributed by atoms with Gasteiger partial charge in [0, 0.05) is 10.6 Å². The van der Waals surface area contributed by atoms with Crippen molar-refractivity contribution in [3.63, 3.8) is 0 Å². The first kappa shape index (κ1) is 12.5. The Morgan fingerprint density at radius 2 is 2.33 bits per heavy atom. The lowest BCUT2D eigenvalue weighted by Gasteiger charge is -2.05. The highest BCUT2D eigenvalue weighted by molar-refractivity contribution is 7.09. The van der Waals surface area contributed by atoms with Crippen LogP contribution in [0.4, 0.5) is 10.1 Å². The van der Waals surface area contributed by atoms with Gasteiger partial charge in [0.2, 0.25) is 0 Å². The summed E-state index contributed by atoms with van der Waals surface area (Å²) in [6, 6.07) is 4.00. The van der Waals surface area contributed by atoms with Gasteiger partial charge in [0.1, 0.15) is 5.82 Å². The molecule has 1 heterocycles. The van der Waals surface area contributed by atoms with Crippen molar-refractivity contribution in [2.24, 2.45) is 0 Å². The SMILES string of the molecule is Cc1ncsc1CNC(=O)c1ccc(N)cc1F. The Kier molecular flexibility index (Phi) is 3.57. The molecule has 1 aromatic carbocycles. The summed E-state index contributed by atoms with van der Waals surface area (Å²) in [5.41, 5.74) is 8.29. The highest BCUT2D eigenvalue weighted by Gasteiger charge is 2.12. The molecule has 0 radical (unpaired) electrons. The van der Waals surface area contributed by atoms with Crippen LogP contribution in [0.25, 0.3) is 0 Å². The van der Waals surface area contributed by atoms with E-state index in [1.54, 1.807) is 5.51 Å². The van der Waals surface area contributed by atoms with E-state index in [-0.39, 0.29) is 5.56 Å². The highest BCUT2D eigenvalue weighted by atomic mass is 32.1. The van der Waals surface area contributed by atoms with Crippen molar-refractivity contribution in [2.45, 2.75) is 13.5 Å². The Labute approximate surface area is 108 Å². The Morgan fingerprint density at radius 3 is 2.94 bits per heavy atom. The third-order valence-electron chi connectivity index (χ3n) is 2.49. The van der Waals surface area contributed by atoms with Crippen LogP contribution in [0, 0.1) is 12.7 Å². The van der Waals surface area contributed by atoms with Crippen molar-refractivity contribution >= 4 is 22.9 Å². The van der Waals surface area contributed by atoms with Crippen LogP contribution in [0.3, 0.4) is 0 Å². The molecule has 0 saturated heterocycles. The van der Waals surface area contributed by atoms with Crippen molar-refractivity contribution in [3.8, 4) is 0 Å². The van der Waals surface area contributed by atoms with E-state index in [4.69, 9.17) is 5.73 Å². The monoisotopic (exact) mass is 265 g/mol. The van der Waals surface area contributed by atoms with E-state index in [1.165, 1.54) is 23.5 Å². The van der Waals surface area contributed by atoms with Gasteiger partial charge in [0.25, 0.3) is 5.91 Å². The summed E-state index contributed by atoms with van der Waals surface area (Å²) in [6.45, 7) is 2.21. The molecule has 1 amide bonds. The van der Waals surface area contributed by atoms with Crippen LogP contribution in [0.15, 0.2) is 23.7 Å². The van der Waals surface area contributed by atoms with E-state index in [0.29, 0.717) is 12.2 Å². The molecule has 0 spiro atoms. The molecule has 0 aliphatic carbocycles. The van der Waals surface area contributed by atoms with Gasteiger partial charge < -0.3 is 11.1 Å². The molecule has 6 heteroatoms. The van der Waals surface area contributed by atoms with Crippen LogP contribution in [0.5, 0.6) is 0 Å². The lowest BCUT2D eigenvalue weighted by atomic mass is 10.2. The third-order valence-corrected chi connectivity index (χ3v) is 3.43. The number of nitrogens with two attached hydrogens (primary N) is 1. The summed E-state index contributed by atoms with van der Waals surface area (Å²) in [5, 5.41) is 2.65. The Balaban J connectivity index is 2.06. The second-order valence-electron chi connectivity index (χ2n) is 3.78.